The van der Waals surface area contributed by atoms with Crippen molar-refractivity contribution in [3.05, 3.63) is 77.3 Å². The van der Waals surface area contributed by atoms with Crippen LogP contribution >= 0.6 is 23.8 Å². The first-order valence-electron chi connectivity index (χ1n) is 11.4. The van der Waals surface area contributed by atoms with Gasteiger partial charge >= 0.3 is 6.18 Å². The summed E-state index contributed by atoms with van der Waals surface area (Å²) in [5, 5.41) is 2.78. The molecule has 0 aromatic heterocycles. The van der Waals surface area contributed by atoms with E-state index in [2.05, 4.69) is 10.2 Å². The van der Waals surface area contributed by atoms with Crippen LogP contribution in [-0.2, 0) is 10.9 Å². The van der Waals surface area contributed by atoms with Gasteiger partial charge in [-0.2, -0.15) is 13.2 Å². The molecule has 5 nitrogen and oxygen atoms in total. The predicted octanol–water partition coefficient (Wildman–Crippen LogP) is 7.21. The second-order valence-electron chi connectivity index (χ2n) is 8.06. The fraction of sp³-hybridized carbons (Fsp3) is 0.269. The van der Waals surface area contributed by atoms with Crippen LogP contribution in [0.15, 0.2) is 66.7 Å². The van der Waals surface area contributed by atoms with Gasteiger partial charge in [-0.05, 0) is 73.7 Å². The van der Waals surface area contributed by atoms with Crippen LogP contribution in [0.2, 0.25) is 5.02 Å². The molecule has 10 heteroatoms. The average Bonchev–Trinajstić information content (AvgIpc) is 2.87. The molecule has 0 unspecified atom stereocenters. The van der Waals surface area contributed by atoms with Crippen LogP contribution in [0, 0.1) is 0 Å². The van der Waals surface area contributed by atoms with E-state index in [0.29, 0.717) is 25.5 Å². The Morgan fingerprint density at radius 3 is 2.44 bits per heavy atom. The minimum atomic E-state index is -4.56. The zero-order valence-electron chi connectivity index (χ0n) is 19.5. The molecular weight excluding hydrogens is 511 g/mol. The normalized spacial score (nSPS) is 13.9. The molecule has 0 bridgehead atoms. The van der Waals surface area contributed by atoms with Gasteiger partial charge in [0.15, 0.2) is 5.11 Å². The van der Waals surface area contributed by atoms with Crippen molar-refractivity contribution in [2.75, 3.05) is 48.0 Å². The van der Waals surface area contributed by atoms with Gasteiger partial charge < -0.3 is 24.6 Å². The number of nitrogens with one attached hydrogen (secondary N) is 1. The van der Waals surface area contributed by atoms with Gasteiger partial charge in [-0.3, -0.25) is 0 Å². The summed E-state index contributed by atoms with van der Waals surface area (Å²) in [6, 6.07) is 18.9. The first kappa shape index (κ1) is 26.1. The topological polar surface area (TPSA) is 37.0 Å². The molecule has 1 heterocycles. The van der Waals surface area contributed by atoms with Crippen LogP contribution in [0.3, 0.4) is 0 Å². The molecule has 1 N–H and O–H groups in total. The SMILES string of the molecule is CCN(C(=S)Nc1ccc(Cl)c(C(F)(F)F)c1)c1ccc(Oc2cccc(N3CCOCC3)c2)cc1. The molecule has 1 fully saturated rings. The predicted molar refractivity (Wildman–Crippen MR) is 142 cm³/mol. The Hall–Kier alpha value is -3.01. The zero-order valence-corrected chi connectivity index (χ0v) is 21.1. The van der Waals surface area contributed by atoms with E-state index in [-0.39, 0.29) is 15.8 Å². The Balaban J connectivity index is 1.43. The van der Waals surface area contributed by atoms with E-state index >= 15 is 0 Å². The summed E-state index contributed by atoms with van der Waals surface area (Å²) in [7, 11) is 0. The molecule has 0 amide bonds. The number of morpholine rings is 1. The Labute approximate surface area is 218 Å². The summed E-state index contributed by atoms with van der Waals surface area (Å²) < 4.78 is 51.0. The summed E-state index contributed by atoms with van der Waals surface area (Å²) in [6.45, 7) is 5.50. The Bertz CT molecular complexity index is 1200. The number of anilines is 3. The highest BCUT2D eigenvalue weighted by atomic mass is 35.5. The summed E-state index contributed by atoms with van der Waals surface area (Å²) >= 11 is 11.2. The standard InChI is InChI=1S/C26H25ClF3N3O2S/c1-2-33(25(36)31-18-6-11-24(27)23(16-18)26(28,29)30)19-7-9-21(10-8-19)35-22-5-3-4-20(17-22)32-12-14-34-15-13-32/h3-11,16-17H,2,12-15H2,1H3,(H,31,36). The van der Waals surface area contributed by atoms with Gasteiger partial charge in [0.05, 0.1) is 23.8 Å². The maximum atomic E-state index is 13.2. The highest BCUT2D eigenvalue weighted by Crippen LogP contribution is 2.36. The molecule has 1 saturated heterocycles. The lowest BCUT2D eigenvalue weighted by molar-refractivity contribution is -0.137. The molecule has 4 rings (SSSR count). The lowest BCUT2D eigenvalue weighted by Gasteiger charge is -2.29. The molecule has 3 aromatic carbocycles. The molecule has 0 saturated carbocycles. The van der Waals surface area contributed by atoms with Crippen LogP contribution in [0.5, 0.6) is 11.5 Å². The zero-order chi connectivity index (χ0) is 25.7. The molecule has 0 aliphatic carbocycles. The van der Waals surface area contributed by atoms with Gasteiger partial charge in [0.2, 0.25) is 0 Å². The summed E-state index contributed by atoms with van der Waals surface area (Å²) in [4.78, 5) is 4.03. The highest BCUT2D eigenvalue weighted by molar-refractivity contribution is 7.80. The maximum Gasteiger partial charge on any atom is 0.417 e. The summed E-state index contributed by atoms with van der Waals surface area (Å²) in [5.74, 6) is 1.37. The van der Waals surface area contributed by atoms with E-state index in [1.54, 1.807) is 4.90 Å². The third kappa shape index (κ3) is 6.40. The smallest absolute Gasteiger partial charge is 0.417 e. The average molecular weight is 536 g/mol. The number of benzene rings is 3. The Morgan fingerprint density at radius 2 is 1.78 bits per heavy atom. The number of rotatable bonds is 6. The quantitative estimate of drug-likeness (QED) is 0.336. The largest absolute Gasteiger partial charge is 0.457 e. The first-order valence-corrected chi connectivity index (χ1v) is 12.2. The van der Waals surface area contributed by atoms with Crippen molar-refractivity contribution in [3.8, 4) is 11.5 Å². The van der Waals surface area contributed by atoms with Gasteiger partial charge in [0.1, 0.15) is 11.5 Å². The van der Waals surface area contributed by atoms with E-state index in [1.807, 2.05) is 55.5 Å². The van der Waals surface area contributed by atoms with Crippen molar-refractivity contribution in [1.29, 1.82) is 0 Å². The van der Waals surface area contributed by atoms with Gasteiger partial charge in [0, 0.05) is 42.8 Å². The van der Waals surface area contributed by atoms with Crippen LogP contribution in [0.25, 0.3) is 0 Å². The van der Waals surface area contributed by atoms with Gasteiger partial charge in [0.25, 0.3) is 0 Å². The number of hydrogen-bond donors (Lipinski definition) is 1. The van der Waals surface area contributed by atoms with Crippen molar-refractivity contribution in [1.82, 2.24) is 0 Å². The van der Waals surface area contributed by atoms with Crippen molar-refractivity contribution in [3.63, 3.8) is 0 Å². The number of halogens is 4. The molecule has 36 heavy (non-hydrogen) atoms. The molecule has 0 atom stereocenters. The van der Waals surface area contributed by atoms with E-state index in [1.165, 1.54) is 12.1 Å². The number of ether oxygens (including phenoxy) is 2. The molecule has 1 aliphatic rings. The summed E-state index contributed by atoms with van der Waals surface area (Å²) in [6.07, 6.45) is -4.56. The van der Waals surface area contributed by atoms with Gasteiger partial charge in [-0.15, -0.1) is 0 Å². The highest BCUT2D eigenvalue weighted by Gasteiger charge is 2.33. The number of thiocarbonyl (C=S) groups is 1. The number of nitrogens with zero attached hydrogens (tertiary/aromatic N) is 2. The Kier molecular flexibility index (Phi) is 8.23. The fourth-order valence-corrected chi connectivity index (χ4v) is 4.43. The van der Waals surface area contributed by atoms with E-state index in [0.717, 1.165) is 36.3 Å². The second kappa shape index (κ2) is 11.4. The van der Waals surface area contributed by atoms with Crippen LogP contribution < -0.4 is 19.9 Å². The first-order chi connectivity index (χ1) is 17.2. The van der Waals surface area contributed by atoms with E-state index in [9.17, 15) is 13.2 Å². The molecule has 0 spiro atoms. The van der Waals surface area contributed by atoms with Gasteiger partial charge in [-0.1, -0.05) is 17.7 Å². The lowest BCUT2D eigenvalue weighted by Crippen LogP contribution is -2.36. The van der Waals surface area contributed by atoms with Gasteiger partial charge in [-0.25, -0.2) is 0 Å². The Morgan fingerprint density at radius 1 is 1.06 bits per heavy atom. The maximum absolute atomic E-state index is 13.2. The lowest BCUT2D eigenvalue weighted by atomic mass is 10.2. The molecule has 190 valence electrons. The molecular formula is C26H25ClF3N3O2S. The van der Waals surface area contributed by atoms with Crippen LogP contribution in [0.1, 0.15) is 12.5 Å². The third-order valence-electron chi connectivity index (χ3n) is 5.66. The minimum Gasteiger partial charge on any atom is -0.457 e. The van der Waals surface area contributed by atoms with Crippen molar-refractivity contribution >= 4 is 46.0 Å². The van der Waals surface area contributed by atoms with Crippen LogP contribution in [-0.4, -0.2) is 38.0 Å². The monoisotopic (exact) mass is 535 g/mol. The van der Waals surface area contributed by atoms with E-state index in [4.69, 9.17) is 33.3 Å². The van der Waals surface area contributed by atoms with Crippen LogP contribution in [0.4, 0.5) is 30.2 Å². The number of alkyl halides is 3. The molecule has 1 aliphatic heterocycles. The summed E-state index contributed by atoms with van der Waals surface area (Å²) in [5.41, 5.74) is 1.14. The minimum absolute atomic E-state index is 0.204. The van der Waals surface area contributed by atoms with Crippen molar-refractivity contribution in [2.45, 2.75) is 13.1 Å². The molecule has 3 aromatic rings. The van der Waals surface area contributed by atoms with Crippen molar-refractivity contribution in [2.24, 2.45) is 0 Å². The van der Waals surface area contributed by atoms with E-state index < -0.39 is 11.7 Å². The fourth-order valence-electron chi connectivity index (χ4n) is 3.85. The molecule has 0 radical (unpaired) electrons. The third-order valence-corrected chi connectivity index (χ3v) is 6.31. The van der Waals surface area contributed by atoms with Crippen molar-refractivity contribution < 1.29 is 22.6 Å². The number of hydrogen-bond acceptors (Lipinski definition) is 4. The second-order valence-corrected chi connectivity index (χ2v) is 8.85.